The van der Waals surface area contributed by atoms with Crippen LogP contribution >= 0.6 is 0 Å². The van der Waals surface area contributed by atoms with Crippen LogP contribution in [0, 0.1) is 11.8 Å². The first kappa shape index (κ1) is 18.1. The fourth-order valence-electron chi connectivity index (χ4n) is 4.20. The number of rotatable bonds is 5. The van der Waals surface area contributed by atoms with Crippen LogP contribution in [0.1, 0.15) is 34.5 Å². The SMILES string of the molecule is COc1nc2c(cc1C(=O)N1C[C@@H](CO)C[C@@H](CN(C)C)C1)CCC2. The van der Waals surface area contributed by atoms with Crippen molar-refractivity contribution >= 4 is 5.91 Å². The largest absolute Gasteiger partial charge is 0.480 e. The lowest BCUT2D eigenvalue weighted by molar-refractivity contribution is 0.0474. The number of ether oxygens (including phenoxy) is 1. The van der Waals surface area contributed by atoms with E-state index in [4.69, 9.17) is 4.74 Å². The average molecular weight is 347 g/mol. The summed E-state index contributed by atoms with van der Waals surface area (Å²) >= 11 is 0. The summed E-state index contributed by atoms with van der Waals surface area (Å²) < 4.78 is 5.41. The number of carbonyl (C=O) groups excluding carboxylic acids is 1. The molecule has 2 atom stereocenters. The minimum Gasteiger partial charge on any atom is -0.480 e. The number of methoxy groups -OCH3 is 1. The van der Waals surface area contributed by atoms with Crippen LogP contribution in [0.4, 0.5) is 0 Å². The molecule has 1 aliphatic carbocycles. The van der Waals surface area contributed by atoms with Gasteiger partial charge in [0, 0.05) is 31.9 Å². The van der Waals surface area contributed by atoms with Crippen LogP contribution in [0.15, 0.2) is 6.07 Å². The summed E-state index contributed by atoms with van der Waals surface area (Å²) in [7, 11) is 5.66. The van der Waals surface area contributed by atoms with Crippen molar-refractivity contribution in [3.05, 3.63) is 22.9 Å². The fourth-order valence-corrected chi connectivity index (χ4v) is 4.20. The second-order valence-corrected chi connectivity index (χ2v) is 7.63. The molecule has 2 heterocycles. The Labute approximate surface area is 149 Å². The zero-order valence-electron chi connectivity index (χ0n) is 15.5. The van der Waals surface area contributed by atoms with E-state index in [1.807, 2.05) is 25.1 Å². The van der Waals surface area contributed by atoms with Gasteiger partial charge in [-0.05, 0) is 63.2 Å². The number of aryl methyl sites for hydroxylation is 2. The Kier molecular flexibility index (Phi) is 5.59. The maximum absolute atomic E-state index is 13.2. The molecule has 0 saturated carbocycles. The molecule has 0 aromatic carbocycles. The number of aromatic nitrogens is 1. The van der Waals surface area contributed by atoms with E-state index < -0.39 is 0 Å². The maximum Gasteiger partial charge on any atom is 0.259 e. The Bertz CT molecular complexity index is 633. The topological polar surface area (TPSA) is 65.9 Å². The van der Waals surface area contributed by atoms with Crippen molar-refractivity contribution in [1.29, 1.82) is 0 Å². The molecule has 6 heteroatoms. The van der Waals surface area contributed by atoms with Gasteiger partial charge in [-0.2, -0.15) is 0 Å². The summed E-state index contributed by atoms with van der Waals surface area (Å²) in [5.74, 6) is 0.913. The van der Waals surface area contributed by atoms with Crippen LogP contribution in [-0.4, -0.2) is 73.2 Å². The Morgan fingerprint density at radius 1 is 1.36 bits per heavy atom. The Hall–Kier alpha value is -1.66. The van der Waals surface area contributed by atoms with Gasteiger partial charge in [-0.25, -0.2) is 4.98 Å². The Balaban J connectivity index is 1.83. The first-order valence-corrected chi connectivity index (χ1v) is 9.13. The molecule has 0 radical (unpaired) electrons. The molecule has 6 nitrogen and oxygen atoms in total. The smallest absolute Gasteiger partial charge is 0.259 e. The molecular formula is C19H29N3O3. The molecule has 1 aromatic rings. The first-order valence-electron chi connectivity index (χ1n) is 9.13. The lowest BCUT2D eigenvalue weighted by Gasteiger charge is -2.38. The second kappa shape index (κ2) is 7.70. The zero-order valence-corrected chi connectivity index (χ0v) is 15.5. The molecule has 1 N–H and O–H groups in total. The highest BCUT2D eigenvalue weighted by atomic mass is 16.5. The van der Waals surface area contributed by atoms with Gasteiger partial charge < -0.3 is 19.6 Å². The van der Waals surface area contributed by atoms with Crippen molar-refractivity contribution in [2.24, 2.45) is 11.8 Å². The second-order valence-electron chi connectivity index (χ2n) is 7.63. The molecule has 0 unspecified atom stereocenters. The van der Waals surface area contributed by atoms with Crippen LogP contribution in [-0.2, 0) is 12.8 Å². The first-order chi connectivity index (χ1) is 12.0. The molecule has 1 aromatic heterocycles. The van der Waals surface area contributed by atoms with Gasteiger partial charge in [0.1, 0.15) is 5.56 Å². The molecule has 138 valence electrons. The number of hydrogen-bond donors (Lipinski definition) is 1. The van der Waals surface area contributed by atoms with Crippen LogP contribution in [0.3, 0.4) is 0 Å². The zero-order chi connectivity index (χ0) is 18.0. The monoisotopic (exact) mass is 347 g/mol. The lowest BCUT2D eigenvalue weighted by Crippen LogP contribution is -2.47. The van der Waals surface area contributed by atoms with E-state index in [1.165, 1.54) is 5.56 Å². The molecule has 3 rings (SSSR count). The maximum atomic E-state index is 13.2. The van der Waals surface area contributed by atoms with Crippen molar-refractivity contribution < 1.29 is 14.6 Å². The highest BCUT2D eigenvalue weighted by Gasteiger charge is 2.32. The third-order valence-electron chi connectivity index (χ3n) is 5.23. The molecule has 2 aliphatic rings. The number of carbonyl (C=O) groups is 1. The van der Waals surface area contributed by atoms with Crippen molar-refractivity contribution in [2.45, 2.75) is 25.7 Å². The minimum atomic E-state index is -0.0269. The molecular weight excluding hydrogens is 318 g/mol. The van der Waals surface area contributed by atoms with Crippen LogP contribution < -0.4 is 4.74 Å². The number of amides is 1. The van der Waals surface area contributed by atoms with Gasteiger partial charge in [-0.1, -0.05) is 0 Å². The standard InChI is InChI=1S/C19H29N3O3/c1-21(2)9-13-7-14(12-23)11-22(10-13)19(24)16-8-15-5-4-6-17(15)20-18(16)25-3/h8,13-14,23H,4-7,9-12H2,1-3H3/t13-,14-/m0/s1. The molecule has 1 amide bonds. The van der Waals surface area contributed by atoms with Crippen LogP contribution in [0.25, 0.3) is 0 Å². The van der Waals surface area contributed by atoms with E-state index >= 15 is 0 Å². The third kappa shape index (κ3) is 3.96. The van der Waals surface area contributed by atoms with Gasteiger partial charge in [0.05, 0.1) is 7.11 Å². The summed E-state index contributed by atoms with van der Waals surface area (Å²) in [6.07, 6.45) is 3.98. The van der Waals surface area contributed by atoms with Gasteiger partial charge >= 0.3 is 0 Å². The number of fused-ring (bicyclic) bond motifs is 1. The van der Waals surface area contributed by atoms with Gasteiger partial charge in [0.15, 0.2) is 0 Å². The minimum absolute atomic E-state index is 0.0269. The molecule has 1 saturated heterocycles. The molecule has 0 spiro atoms. The number of pyridine rings is 1. The summed E-state index contributed by atoms with van der Waals surface area (Å²) in [6.45, 7) is 2.35. The van der Waals surface area contributed by atoms with Crippen LogP contribution in [0.5, 0.6) is 5.88 Å². The van der Waals surface area contributed by atoms with E-state index in [1.54, 1.807) is 7.11 Å². The number of nitrogens with zero attached hydrogens (tertiary/aromatic N) is 3. The van der Waals surface area contributed by atoms with Gasteiger partial charge in [-0.15, -0.1) is 0 Å². The summed E-state index contributed by atoms with van der Waals surface area (Å²) in [6, 6.07) is 1.97. The van der Waals surface area contributed by atoms with Crippen molar-refractivity contribution in [1.82, 2.24) is 14.8 Å². The van der Waals surface area contributed by atoms with Crippen molar-refractivity contribution in [3.63, 3.8) is 0 Å². The predicted molar refractivity (Wildman–Crippen MR) is 96.0 cm³/mol. The van der Waals surface area contributed by atoms with Crippen LogP contribution in [0.2, 0.25) is 0 Å². The molecule has 1 aliphatic heterocycles. The highest BCUT2D eigenvalue weighted by Crippen LogP contribution is 2.29. The van der Waals surface area contributed by atoms with E-state index in [-0.39, 0.29) is 18.4 Å². The number of aliphatic hydroxyl groups is 1. The summed E-state index contributed by atoms with van der Waals surface area (Å²) in [5, 5.41) is 9.65. The lowest BCUT2D eigenvalue weighted by atomic mass is 9.89. The predicted octanol–water partition coefficient (Wildman–Crippen LogP) is 1.21. The Morgan fingerprint density at radius 3 is 2.80 bits per heavy atom. The van der Waals surface area contributed by atoms with E-state index in [9.17, 15) is 9.90 Å². The third-order valence-corrected chi connectivity index (χ3v) is 5.23. The number of aliphatic hydroxyl groups excluding tert-OH is 1. The van der Waals surface area contributed by atoms with Crippen molar-refractivity contribution in [3.8, 4) is 5.88 Å². The van der Waals surface area contributed by atoms with Crippen molar-refractivity contribution in [2.75, 3.05) is 47.4 Å². The number of hydrogen-bond acceptors (Lipinski definition) is 5. The average Bonchev–Trinajstić information content (AvgIpc) is 3.06. The quantitative estimate of drug-likeness (QED) is 0.867. The number of piperidine rings is 1. The van der Waals surface area contributed by atoms with E-state index in [2.05, 4.69) is 9.88 Å². The molecule has 1 fully saturated rings. The highest BCUT2D eigenvalue weighted by molar-refractivity contribution is 5.96. The van der Waals surface area contributed by atoms with E-state index in [0.717, 1.165) is 37.9 Å². The Morgan fingerprint density at radius 2 is 2.12 bits per heavy atom. The molecule has 25 heavy (non-hydrogen) atoms. The van der Waals surface area contributed by atoms with Gasteiger partial charge in [0.25, 0.3) is 5.91 Å². The fraction of sp³-hybridized carbons (Fsp3) is 0.684. The summed E-state index contributed by atoms with van der Waals surface area (Å²) in [5.41, 5.74) is 2.79. The van der Waals surface area contributed by atoms with Gasteiger partial charge in [-0.3, -0.25) is 4.79 Å². The normalized spacial score (nSPS) is 23.0. The van der Waals surface area contributed by atoms with Gasteiger partial charge in [0.2, 0.25) is 5.88 Å². The summed E-state index contributed by atoms with van der Waals surface area (Å²) in [4.78, 5) is 21.8. The number of likely N-dealkylation sites (tertiary alicyclic amines) is 1. The van der Waals surface area contributed by atoms with E-state index in [0.29, 0.717) is 30.5 Å². The molecule has 0 bridgehead atoms.